The minimum Gasteiger partial charge on any atom is -0.369 e. The van der Waals surface area contributed by atoms with Crippen molar-refractivity contribution in [3.8, 4) is 6.07 Å². The van der Waals surface area contributed by atoms with Crippen LogP contribution in [-0.4, -0.2) is 11.5 Å². The maximum atomic E-state index is 9.16. The van der Waals surface area contributed by atoms with Gasteiger partial charge in [-0.2, -0.15) is 5.26 Å². The molecule has 1 aromatic rings. The molecule has 0 fully saturated rings. The first-order valence-electron chi connectivity index (χ1n) is 6.52. The lowest BCUT2D eigenvalue weighted by molar-refractivity contribution is 0.708. The van der Waals surface area contributed by atoms with Gasteiger partial charge in [0.05, 0.1) is 5.56 Å². The first kappa shape index (κ1) is 11.9. The van der Waals surface area contributed by atoms with E-state index in [4.69, 9.17) is 5.26 Å². The molecule has 17 heavy (non-hydrogen) atoms. The van der Waals surface area contributed by atoms with Crippen LogP contribution in [-0.2, 0) is 12.8 Å². The van der Waals surface area contributed by atoms with Crippen molar-refractivity contribution in [2.24, 2.45) is 0 Å². The fraction of sp³-hybridized carbons (Fsp3) is 0.571. The topological polar surface area (TPSA) is 48.7 Å². The molecule has 2 rings (SSSR count). The zero-order valence-electron chi connectivity index (χ0n) is 10.4. The highest BCUT2D eigenvalue weighted by molar-refractivity contribution is 5.54. The van der Waals surface area contributed by atoms with E-state index in [0.29, 0.717) is 5.56 Å². The number of anilines is 1. The van der Waals surface area contributed by atoms with E-state index in [-0.39, 0.29) is 0 Å². The number of nitrogens with zero attached hydrogens (tertiary/aromatic N) is 2. The van der Waals surface area contributed by atoms with Crippen molar-refractivity contribution >= 4 is 5.82 Å². The van der Waals surface area contributed by atoms with Crippen molar-refractivity contribution in [3.63, 3.8) is 0 Å². The third kappa shape index (κ3) is 2.76. The lowest BCUT2D eigenvalue weighted by Gasteiger charge is -2.11. The Labute approximate surface area is 103 Å². The summed E-state index contributed by atoms with van der Waals surface area (Å²) in [6.07, 6.45) is 6.90. The largest absolute Gasteiger partial charge is 0.369 e. The lowest BCUT2D eigenvalue weighted by Crippen LogP contribution is -2.07. The van der Waals surface area contributed by atoms with Gasteiger partial charge in [-0.05, 0) is 43.7 Å². The molecule has 1 aliphatic rings. The quantitative estimate of drug-likeness (QED) is 0.810. The minimum atomic E-state index is 0.694. The SMILES string of the molecule is CCCNc1nc2c(cc1C#N)CCCCC2. The van der Waals surface area contributed by atoms with Crippen molar-refractivity contribution in [1.82, 2.24) is 4.98 Å². The maximum Gasteiger partial charge on any atom is 0.144 e. The Morgan fingerprint density at radius 1 is 1.35 bits per heavy atom. The third-order valence-corrected chi connectivity index (χ3v) is 3.21. The van der Waals surface area contributed by atoms with Gasteiger partial charge in [0.2, 0.25) is 0 Å². The second-order valence-electron chi connectivity index (χ2n) is 4.59. The highest BCUT2D eigenvalue weighted by Gasteiger charge is 2.13. The lowest BCUT2D eigenvalue weighted by atomic mass is 10.1. The van der Waals surface area contributed by atoms with E-state index >= 15 is 0 Å². The molecule has 0 saturated carbocycles. The molecule has 90 valence electrons. The second-order valence-corrected chi connectivity index (χ2v) is 4.59. The summed E-state index contributed by atoms with van der Waals surface area (Å²) in [5, 5.41) is 12.4. The first-order chi connectivity index (χ1) is 8.35. The number of aryl methyl sites for hydroxylation is 2. The van der Waals surface area contributed by atoms with Crippen LogP contribution in [0.1, 0.15) is 49.4 Å². The molecule has 0 amide bonds. The number of rotatable bonds is 3. The van der Waals surface area contributed by atoms with Crippen LogP contribution in [0.15, 0.2) is 6.07 Å². The minimum absolute atomic E-state index is 0.694. The van der Waals surface area contributed by atoms with Gasteiger partial charge in [0.1, 0.15) is 11.9 Å². The van der Waals surface area contributed by atoms with Crippen LogP contribution in [0.4, 0.5) is 5.82 Å². The molecule has 0 spiro atoms. The van der Waals surface area contributed by atoms with E-state index in [0.717, 1.165) is 31.6 Å². The number of hydrogen-bond donors (Lipinski definition) is 1. The summed E-state index contributed by atoms with van der Waals surface area (Å²) in [5.74, 6) is 0.773. The van der Waals surface area contributed by atoms with Gasteiger partial charge in [-0.1, -0.05) is 13.3 Å². The fourth-order valence-corrected chi connectivity index (χ4v) is 2.27. The van der Waals surface area contributed by atoms with E-state index < -0.39 is 0 Å². The van der Waals surface area contributed by atoms with Crippen LogP contribution in [0.5, 0.6) is 0 Å². The van der Waals surface area contributed by atoms with Crippen LogP contribution in [0.3, 0.4) is 0 Å². The van der Waals surface area contributed by atoms with E-state index in [2.05, 4.69) is 23.3 Å². The zero-order valence-corrected chi connectivity index (χ0v) is 10.4. The molecular formula is C14H19N3. The average Bonchev–Trinajstić information content (AvgIpc) is 2.59. The molecule has 1 aromatic heterocycles. The van der Waals surface area contributed by atoms with Gasteiger partial charge < -0.3 is 5.32 Å². The van der Waals surface area contributed by atoms with Crippen LogP contribution in [0, 0.1) is 11.3 Å². The van der Waals surface area contributed by atoms with Crippen LogP contribution < -0.4 is 5.32 Å². The van der Waals surface area contributed by atoms with Crippen molar-refractivity contribution in [3.05, 3.63) is 22.9 Å². The van der Waals surface area contributed by atoms with Crippen LogP contribution in [0.2, 0.25) is 0 Å². The van der Waals surface area contributed by atoms with Crippen molar-refractivity contribution in [2.75, 3.05) is 11.9 Å². The summed E-state index contributed by atoms with van der Waals surface area (Å²) in [7, 11) is 0. The summed E-state index contributed by atoms with van der Waals surface area (Å²) in [6.45, 7) is 2.99. The standard InChI is InChI=1S/C14H19N3/c1-2-8-16-14-12(10-15)9-11-6-4-3-5-7-13(11)17-14/h9H,2-8H2,1H3,(H,16,17). The molecule has 1 N–H and O–H groups in total. The zero-order chi connectivity index (χ0) is 12.1. The molecule has 0 aliphatic heterocycles. The van der Waals surface area contributed by atoms with Gasteiger partial charge in [0.15, 0.2) is 0 Å². The summed E-state index contributed by atoms with van der Waals surface area (Å²) in [6, 6.07) is 4.28. The Bertz CT molecular complexity index is 432. The van der Waals surface area contributed by atoms with E-state index in [1.54, 1.807) is 0 Å². The summed E-state index contributed by atoms with van der Waals surface area (Å²) >= 11 is 0. The Morgan fingerprint density at radius 3 is 2.94 bits per heavy atom. The molecular weight excluding hydrogens is 210 g/mol. The molecule has 0 saturated heterocycles. The maximum absolute atomic E-state index is 9.16. The molecule has 3 heteroatoms. The molecule has 3 nitrogen and oxygen atoms in total. The second kappa shape index (κ2) is 5.67. The van der Waals surface area contributed by atoms with Gasteiger partial charge in [-0.25, -0.2) is 4.98 Å². The number of fused-ring (bicyclic) bond motifs is 1. The summed E-state index contributed by atoms with van der Waals surface area (Å²) < 4.78 is 0. The van der Waals surface area contributed by atoms with Crippen LogP contribution >= 0.6 is 0 Å². The number of hydrogen-bond acceptors (Lipinski definition) is 3. The summed E-state index contributed by atoms with van der Waals surface area (Å²) in [5.41, 5.74) is 3.17. The summed E-state index contributed by atoms with van der Waals surface area (Å²) in [4.78, 5) is 4.65. The molecule has 1 heterocycles. The Balaban J connectivity index is 2.32. The van der Waals surface area contributed by atoms with Crippen LogP contribution in [0.25, 0.3) is 0 Å². The van der Waals surface area contributed by atoms with E-state index in [1.165, 1.54) is 30.5 Å². The third-order valence-electron chi connectivity index (χ3n) is 3.21. The van der Waals surface area contributed by atoms with Gasteiger partial charge in [0, 0.05) is 12.2 Å². The number of nitriles is 1. The molecule has 0 aromatic carbocycles. The molecule has 0 bridgehead atoms. The molecule has 0 radical (unpaired) electrons. The number of nitrogens with one attached hydrogen (secondary N) is 1. The molecule has 0 atom stereocenters. The Hall–Kier alpha value is -1.56. The predicted molar refractivity (Wildman–Crippen MR) is 69.0 cm³/mol. The van der Waals surface area contributed by atoms with Gasteiger partial charge in [0.25, 0.3) is 0 Å². The normalized spacial score (nSPS) is 14.6. The predicted octanol–water partition coefficient (Wildman–Crippen LogP) is 3.04. The molecule has 0 unspecified atom stereocenters. The van der Waals surface area contributed by atoms with E-state index in [9.17, 15) is 0 Å². The van der Waals surface area contributed by atoms with Crippen molar-refractivity contribution in [1.29, 1.82) is 5.26 Å². The van der Waals surface area contributed by atoms with Crippen molar-refractivity contribution in [2.45, 2.75) is 45.4 Å². The van der Waals surface area contributed by atoms with Gasteiger partial charge >= 0.3 is 0 Å². The Kier molecular flexibility index (Phi) is 3.98. The fourth-order valence-electron chi connectivity index (χ4n) is 2.27. The smallest absolute Gasteiger partial charge is 0.144 e. The van der Waals surface area contributed by atoms with E-state index in [1.807, 2.05) is 6.07 Å². The average molecular weight is 229 g/mol. The monoisotopic (exact) mass is 229 g/mol. The number of aromatic nitrogens is 1. The molecule has 1 aliphatic carbocycles. The first-order valence-corrected chi connectivity index (χ1v) is 6.52. The van der Waals surface area contributed by atoms with Gasteiger partial charge in [-0.3, -0.25) is 0 Å². The van der Waals surface area contributed by atoms with Gasteiger partial charge in [-0.15, -0.1) is 0 Å². The highest BCUT2D eigenvalue weighted by atomic mass is 15.0. The van der Waals surface area contributed by atoms with Crippen molar-refractivity contribution < 1.29 is 0 Å². The highest BCUT2D eigenvalue weighted by Crippen LogP contribution is 2.23. The number of pyridine rings is 1. The Morgan fingerprint density at radius 2 is 2.18 bits per heavy atom.